The molecule has 1 fully saturated rings. The fraction of sp³-hybridized carbons (Fsp3) is 0.450. The van der Waals surface area contributed by atoms with Gasteiger partial charge in [0.2, 0.25) is 5.95 Å². The fourth-order valence-corrected chi connectivity index (χ4v) is 3.07. The van der Waals surface area contributed by atoms with E-state index in [2.05, 4.69) is 36.1 Å². The largest absolute Gasteiger partial charge is 0.491 e. The van der Waals surface area contributed by atoms with Gasteiger partial charge < -0.3 is 24.6 Å². The molecule has 0 amide bonds. The van der Waals surface area contributed by atoms with E-state index in [1.165, 1.54) is 0 Å². The van der Waals surface area contributed by atoms with Crippen molar-refractivity contribution in [2.75, 3.05) is 58.5 Å². The molecule has 1 aliphatic heterocycles. The Hall–Kier alpha value is -2.14. The molecule has 2 heterocycles. The van der Waals surface area contributed by atoms with Gasteiger partial charge in [0.25, 0.3) is 0 Å². The van der Waals surface area contributed by atoms with E-state index in [0.29, 0.717) is 19.8 Å². The smallest absolute Gasteiger partial charge is 0.225 e. The molecule has 1 saturated heterocycles. The summed E-state index contributed by atoms with van der Waals surface area (Å²) < 4.78 is 10.7. The molecule has 29 heavy (non-hydrogen) atoms. The van der Waals surface area contributed by atoms with E-state index >= 15 is 0 Å². The summed E-state index contributed by atoms with van der Waals surface area (Å²) in [5, 5.41) is 3.45. The van der Waals surface area contributed by atoms with Crippen molar-refractivity contribution in [3.8, 4) is 5.75 Å². The van der Waals surface area contributed by atoms with Crippen LogP contribution < -0.4 is 15.0 Å². The van der Waals surface area contributed by atoms with Crippen LogP contribution in [-0.4, -0.2) is 74.4 Å². The summed E-state index contributed by atoms with van der Waals surface area (Å²) in [5.41, 5.74) is 1.15. The van der Waals surface area contributed by atoms with Crippen molar-refractivity contribution in [3.05, 3.63) is 48.3 Å². The van der Waals surface area contributed by atoms with Gasteiger partial charge in [-0.15, -0.1) is 24.0 Å². The first-order valence-corrected chi connectivity index (χ1v) is 9.48. The lowest BCUT2D eigenvalue weighted by Gasteiger charge is -2.36. The average Bonchev–Trinajstić information content (AvgIpc) is 2.76. The van der Waals surface area contributed by atoms with E-state index in [9.17, 15) is 0 Å². The zero-order chi connectivity index (χ0) is 19.6. The summed E-state index contributed by atoms with van der Waals surface area (Å²) in [6.07, 6.45) is 3.56. The summed E-state index contributed by atoms with van der Waals surface area (Å²) in [4.78, 5) is 17.6. The summed E-state index contributed by atoms with van der Waals surface area (Å²) in [6.45, 7) is 5.30. The molecule has 1 N–H and O–H groups in total. The van der Waals surface area contributed by atoms with Crippen molar-refractivity contribution in [2.24, 2.45) is 4.99 Å². The first-order valence-electron chi connectivity index (χ1n) is 9.48. The van der Waals surface area contributed by atoms with E-state index in [-0.39, 0.29) is 24.0 Å². The number of rotatable bonds is 7. The van der Waals surface area contributed by atoms with Crippen LogP contribution >= 0.6 is 24.0 Å². The van der Waals surface area contributed by atoms with Gasteiger partial charge >= 0.3 is 0 Å². The molecular formula is C20H29IN6O2. The highest BCUT2D eigenvalue weighted by molar-refractivity contribution is 14.0. The Morgan fingerprint density at radius 2 is 1.86 bits per heavy atom. The number of methoxy groups -OCH3 is 1. The van der Waals surface area contributed by atoms with E-state index < -0.39 is 0 Å². The third-order valence-corrected chi connectivity index (χ3v) is 4.53. The number of nitrogens with zero attached hydrogens (tertiary/aromatic N) is 5. The van der Waals surface area contributed by atoms with Crippen LogP contribution in [0.25, 0.3) is 0 Å². The van der Waals surface area contributed by atoms with E-state index in [0.717, 1.165) is 49.4 Å². The van der Waals surface area contributed by atoms with Crippen molar-refractivity contribution in [3.63, 3.8) is 0 Å². The van der Waals surface area contributed by atoms with Gasteiger partial charge in [0.1, 0.15) is 12.4 Å². The van der Waals surface area contributed by atoms with Crippen molar-refractivity contribution in [2.45, 2.75) is 6.54 Å². The molecule has 0 radical (unpaired) electrons. The molecular weight excluding hydrogens is 483 g/mol. The molecule has 1 aromatic carbocycles. The van der Waals surface area contributed by atoms with Gasteiger partial charge in [-0.1, -0.05) is 12.1 Å². The van der Waals surface area contributed by atoms with Gasteiger partial charge in [-0.3, -0.25) is 4.99 Å². The Bertz CT molecular complexity index is 754. The lowest BCUT2D eigenvalue weighted by molar-refractivity contribution is 0.146. The minimum Gasteiger partial charge on any atom is -0.491 e. The van der Waals surface area contributed by atoms with Gasteiger partial charge in [-0.25, -0.2) is 9.97 Å². The fourth-order valence-electron chi connectivity index (χ4n) is 3.07. The van der Waals surface area contributed by atoms with Gasteiger partial charge in [0, 0.05) is 59.3 Å². The number of hydrogen-bond acceptors (Lipinski definition) is 6. The summed E-state index contributed by atoms with van der Waals surface area (Å²) in [6, 6.07) is 9.91. The standard InChI is InChI=1S/C20H28N6O2.HI/c1-21-19(24-16-17-5-3-6-18(15-17)28-14-13-27-2)25-9-11-26(12-10-25)20-22-7-4-8-23-20;/h3-8,15H,9-14,16H2,1-2H3,(H,21,24);1H. The minimum atomic E-state index is 0. The number of piperazine rings is 1. The summed E-state index contributed by atoms with van der Waals surface area (Å²) in [5.74, 6) is 2.54. The third-order valence-electron chi connectivity index (χ3n) is 4.53. The molecule has 0 atom stereocenters. The Labute approximate surface area is 189 Å². The van der Waals surface area contributed by atoms with E-state index in [1.807, 2.05) is 31.3 Å². The first kappa shape index (κ1) is 23.1. The van der Waals surface area contributed by atoms with E-state index in [1.54, 1.807) is 19.5 Å². The van der Waals surface area contributed by atoms with Gasteiger partial charge in [-0.2, -0.15) is 0 Å². The monoisotopic (exact) mass is 512 g/mol. The number of halogens is 1. The molecule has 2 aromatic rings. The molecule has 8 nitrogen and oxygen atoms in total. The number of hydrogen-bond donors (Lipinski definition) is 1. The van der Waals surface area contributed by atoms with Crippen LogP contribution in [0.4, 0.5) is 5.95 Å². The molecule has 0 unspecified atom stereocenters. The van der Waals surface area contributed by atoms with Crippen molar-refractivity contribution >= 4 is 35.9 Å². The molecule has 1 aliphatic rings. The minimum absolute atomic E-state index is 0. The lowest BCUT2D eigenvalue weighted by Crippen LogP contribution is -2.52. The van der Waals surface area contributed by atoms with Crippen LogP contribution in [0, 0.1) is 0 Å². The molecule has 0 bridgehead atoms. The Morgan fingerprint density at radius 3 is 2.55 bits per heavy atom. The third kappa shape index (κ3) is 7.00. The topological polar surface area (TPSA) is 75.1 Å². The Balaban J connectivity index is 0.00000300. The predicted molar refractivity (Wildman–Crippen MR) is 125 cm³/mol. The summed E-state index contributed by atoms with van der Waals surface area (Å²) in [7, 11) is 3.49. The van der Waals surface area contributed by atoms with Crippen LogP contribution in [-0.2, 0) is 11.3 Å². The van der Waals surface area contributed by atoms with Crippen molar-refractivity contribution < 1.29 is 9.47 Å². The number of ether oxygens (including phenoxy) is 2. The van der Waals surface area contributed by atoms with Crippen molar-refractivity contribution in [1.82, 2.24) is 20.2 Å². The molecule has 0 aliphatic carbocycles. The number of guanidine groups is 1. The molecule has 158 valence electrons. The number of aliphatic imine (C=N–C) groups is 1. The van der Waals surface area contributed by atoms with Crippen molar-refractivity contribution in [1.29, 1.82) is 0 Å². The quantitative estimate of drug-likeness (QED) is 0.263. The maximum atomic E-state index is 5.68. The summed E-state index contributed by atoms with van der Waals surface area (Å²) >= 11 is 0. The molecule has 9 heteroatoms. The molecule has 0 saturated carbocycles. The number of aromatic nitrogens is 2. The normalized spacial score (nSPS) is 14.3. The Morgan fingerprint density at radius 1 is 1.10 bits per heavy atom. The number of anilines is 1. The first-order chi connectivity index (χ1) is 13.8. The van der Waals surface area contributed by atoms with Gasteiger partial charge in [0.15, 0.2) is 5.96 Å². The maximum Gasteiger partial charge on any atom is 0.225 e. The second-order valence-corrected chi connectivity index (χ2v) is 6.41. The molecule has 3 rings (SSSR count). The second-order valence-electron chi connectivity index (χ2n) is 6.41. The number of benzene rings is 1. The zero-order valence-electron chi connectivity index (χ0n) is 17.0. The average molecular weight is 512 g/mol. The maximum absolute atomic E-state index is 5.68. The molecule has 0 spiro atoms. The van der Waals surface area contributed by atoms with Crippen LogP contribution in [0.3, 0.4) is 0 Å². The van der Waals surface area contributed by atoms with E-state index in [4.69, 9.17) is 9.47 Å². The van der Waals surface area contributed by atoms with Crippen LogP contribution in [0.5, 0.6) is 5.75 Å². The Kier molecular flexibility index (Phi) is 9.92. The SMILES string of the molecule is CN=C(NCc1cccc(OCCOC)c1)N1CCN(c2ncccn2)CC1.I. The van der Waals surface area contributed by atoms with Gasteiger partial charge in [-0.05, 0) is 23.8 Å². The highest BCUT2D eigenvalue weighted by Gasteiger charge is 2.20. The molecule has 1 aromatic heterocycles. The predicted octanol–water partition coefficient (Wildman–Crippen LogP) is 2.02. The second kappa shape index (κ2) is 12.4. The highest BCUT2D eigenvalue weighted by atomic mass is 127. The lowest BCUT2D eigenvalue weighted by atomic mass is 10.2. The van der Waals surface area contributed by atoms with Gasteiger partial charge in [0.05, 0.1) is 6.61 Å². The zero-order valence-corrected chi connectivity index (χ0v) is 19.3. The van der Waals surface area contributed by atoms with Crippen LogP contribution in [0.1, 0.15) is 5.56 Å². The van der Waals surface area contributed by atoms with Crippen LogP contribution in [0.15, 0.2) is 47.7 Å². The number of nitrogens with one attached hydrogen (secondary N) is 1. The highest BCUT2D eigenvalue weighted by Crippen LogP contribution is 2.14. The van der Waals surface area contributed by atoms with Crippen LogP contribution in [0.2, 0.25) is 0 Å².